The van der Waals surface area contributed by atoms with Gasteiger partial charge >= 0.3 is 0 Å². The lowest BCUT2D eigenvalue weighted by molar-refractivity contribution is 1.10. The van der Waals surface area contributed by atoms with Gasteiger partial charge in [0.05, 0.1) is 11.9 Å². The molecule has 0 fully saturated rings. The highest BCUT2D eigenvalue weighted by Gasteiger charge is 1.92. The summed E-state index contributed by atoms with van der Waals surface area (Å²) >= 11 is 0. The van der Waals surface area contributed by atoms with Crippen molar-refractivity contribution in [1.82, 2.24) is 4.98 Å². The molecule has 0 aliphatic rings. The van der Waals surface area contributed by atoms with Gasteiger partial charge in [0.1, 0.15) is 0 Å². The molecular formula is C14H14N2. The van der Waals surface area contributed by atoms with E-state index in [0.717, 1.165) is 17.7 Å². The molecular weight excluding hydrogens is 196 g/mol. The van der Waals surface area contributed by atoms with Gasteiger partial charge in [-0.25, -0.2) is 0 Å². The summed E-state index contributed by atoms with van der Waals surface area (Å²) in [5.74, 6) is 0. The fraction of sp³-hybridized carbons (Fsp3) is 0.143. The van der Waals surface area contributed by atoms with Crippen LogP contribution in [0.2, 0.25) is 0 Å². The van der Waals surface area contributed by atoms with Crippen LogP contribution in [0.1, 0.15) is 18.1 Å². The first kappa shape index (κ1) is 10.6. The molecule has 0 unspecified atom stereocenters. The highest BCUT2D eigenvalue weighted by atomic mass is 14.8. The normalized spacial score (nSPS) is 10.8. The fourth-order valence-corrected chi connectivity index (χ4v) is 1.43. The number of rotatable bonds is 3. The van der Waals surface area contributed by atoms with E-state index in [9.17, 15) is 0 Å². The van der Waals surface area contributed by atoms with Gasteiger partial charge in [-0.05, 0) is 23.6 Å². The molecule has 0 aliphatic heterocycles. The predicted molar refractivity (Wildman–Crippen MR) is 67.3 cm³/mol. The van der Waals surface area contributed by atoms with E-state index in [0.29, 0.717) is 0 Å². The zero-order chi connectivity index (χ0) is 11.2. The van der Waals surface area contributed by atoms with Crippen molar-refractivity contribution in [3.8, 4) is 0 Å². The monoisotopic (exact) mass is 210 g/mol. The van der Waals surface area contributed by atoms with Crippen molar-refractivity contribution in [3.05, 3.63) is 59.9 Å². The molecule has 0 amide bonds. The van der Waals surface area contributed by atoms with Gasteiger partial charge in [0.2, 0.25) is 0 Å². The van der Waals surface area contributed by atoms with Gasteiger partial charge in [-0.15, -0.1) is 0 Å². The maximum atomic E-state index is 4.40. The van der Waals surface area contributed by atoms with Gasteiger partial charge in [-0.1, -0.05) is 37.3 Å². The van der Waals surface area contributed by atoms with Crippen LogP contribution in [0.3, 0.4) is 0 Å². The second-order valence-electron chi connectivity index (χ2n) is 3.57. The predicted octanol–water partition coefficient (Wildman–Crippen LogP) is 3.39. The number of aryl methyl sites for hydroxylation is 1. The molecule has 0 saturated carbocycles. The molecule has 80 valence electrons. The number of aliphatic imine (C=N–C) groups is 1. The zero-order valence-electron chi connectivity index (χ0n) is 9.30. The molecule has 0 radical (unpaired) electrons. The smallest absolute Gasteiger partial charge is 0.0815 e. The molecule has 2 aromatic rings. The maximum Gasteiger partial charge on any atom is 0.0815 e. The highest BCUT2D eigenvalue weighted by molar-refractivity contribution is 5.81. The van der Waals surface area contributed by atoms with Crippen LogP contribution in [0.25, 0.3) is 0 Å². The Balaban J connectivity index is 2.17. The summed E-state index contributed by atoms with van der Waals surface area (Å²) in [6.45, 7) is 2.11. The molecule has 0 spiro atoms. The van der Waals surface area contributed by atoms with Gasteiger partial charge in [-0.3, -0.25) is 9.98 Å². The van der Waals surface area contributed by atoms with Crippen molar-refractivity contribution in [1.29, 1.82) is 0 Å². The molecule has 0 aliphatic carbocycles. The number of benzene rings is 1. The van der Waals surface area contributed by atoms with Crippen molar-refractivity contribution < 1.29 is 0 Å². The fourth-order valence-electron chi connectivity index (χ4n) is 1.43. The first-order valence-electron chi connectivity index (χ1n) is 5.41. The van der Waals surface area contributed by atoms with Gasteiger partial charge in [0.15, 0.2) is 0 Å². The summed E-state index contributed by atoms with van der Waals surface area (Å²) < 4.78 is 0. The minimum atomic E-state index is 0.906. The summed E-state index contributed by atoms with van der Waals surface area (Å²) in [5.41, 5.74) is 3.22. The minimum absolute atomic E-state index is 0.906. The third-order valence-electron chi connectivity index (χ3n) is 2.35. The number of hydrogen-bond acceptors (Lipinski definition) is 2. The Labute approximate surface area is 95.7 Å². The SMILES string of the molecule is CCc1cncc(N=Cc2ccccc2)c1. The first-order valence-corrected chi connectivity index (χ1v) is 5.41. The van der Waals surface area contributed by atoms with Crippen molar-refractivity contribution in [2.45, 2.75) is 13.3 Å². The summed E-state index contributed by atoms with van der Waals surface area (Å²) in [4.78, 5) is 8.55. The van der Waals surface area contributed by atoms with Crippen LogP contribution in [-0.4, -0.2) is 11.2 Å². The molecule has 0 bridgehead atoms. The van der Waals surface area contributed by atoms with Gasteiger partial charge < -0.3 is 0 Å². The van der Waals surface area contributed by atoms with Gasteiger partial charge in [0.25, 0.3) is 0 Å². The molecule has 1 aromatic carbocycles. The molecule has 1 aromatic heterocycles. The first-order chi connectivity index (χ1) is 7.88. The quantitative estimate of drug-likeness (QED) is 0.713. The van der Waals surface area contributed by atoms with E-state index in [1.807, 2.05) is 42.7 Å². The summed E-state index contributed by atoms with van der Waals surface area (Å²) in [7, 11) is 0. The van der Waals surface area contributed by atoms with E-state index in [4.69, 9.17) is 0 Å². The summed E-state index contributed by atoms with van der Waals surface area (Å²) in [5, 5.41) is 0. The van der Waals surface area contributed by atoms with E-state index in [2.05, 4.69) is 23.0 Å². The Morgan fingerprint density at radius 2 is 2.00 bits per heavy atom. The number of hydrogen-bond donors (Lipinski definition) is 0. The summed E-state index contributed by atoms with van der Waals surface area (Å²) in [6.07, 6.45) is 6.50. The average Bonchev–Trinajstić information content (AvgIpc) is 2.38. The van der Waals surface area contributed by atoms with Crippen LogP contribution in [-0.2, 0) is 6.42 Å². The van der Waals surface area contributed by atoms with Crippen LogP contribution >= 0.6 is 0 Å². The van der Waals surface area contributed by atoms with E-state index in [-0.39, 0.29) is 0 Å². The molecule has 0 atom stereocenters. The standard InChI is InChI=1S/C14H14N2/c1-2-12-8-14(11-15-9-12)16-10-13-6-4-3-5-7-13/h3-11H,2H2,1H3. The van der Waals surface area contributed by atoms with E-state index >= 15 is 0 Å². The molecule has 1 heterocycles. The van der Waals surface area contributed by atoms with E-state index in [1.54, 1.807) is 6.20 Å². The van der Waals surface area contributed by atoms with Crippen LogP contribution in [0.4, 0.5) is 5.69 Å². The Bertz CT molecular complexity index is 475. The number of aromatic nitrogens is 1. The van der Waals surface area contributed by atoms with Crippen LogP contribution in [0, 0.1) is 0 Å². The lowest BCUT2D eigenvalue weighted by Gasteiger charge is -1.97. The topological polar surface area (TPSA) is 25.2 Å². The molecule has 2 nitrogen and oxygen atoms in total. The van der Waals surface area contributed by atoms with Gasteiger partial charge in [-0.2, -0.15) is 0 Å². The average molecular weight is 210 g/mol. The molecule has 2 rings (SSSR count). The second kappa shape index (κ2) is 5.21. The Hall–Kier alpha value is -1.96. The summed E-state index contributed by atoms with van der Waals surface area (Å²) in [6, 6.07) is 12.1. The minimum Gasteiger partial charge on any atom is -0.262 e. The lowest BCUT2D eigenvalue weighted by Crippen LogP contribution is -1.82. The highest BCUT2D eigenvalue weighted by Crippen LogP contribution is 2.12. The van der Waals surface area contributed by atoms with Crippen LogP contribution in [0.5, 0.6) is 0 Å². The Kier molecular flexibility index (Phi) is 3.44. The maximum absolute atomic E-state index is 4.40. The lowest BCUT2D eigenvalue weighted by atomic mass is 10.2. The third kappa shape index (κ3) is 2.76. The zero-order valence-corrected chi connectivity index (χ0v) is 9.30. The molecule has 16 heavy (non-hydrogen) atoms. The van der Waals surface area contributed by atoms with Crippen molar-refractivity contribution in [3.63, 3.8) is 0 Å². The van der Waals surface area contributed by atoms with Crippen molar-refractivity contribution >= 4 is 11.9 Å². The van der Waals surface area contributed by atoms with Gasteiger partial charge in [0, 0.05) is 12.4 Å². The Morgan fingerprint density at radius 3 is 2.75 bits per heavy atom. The van der Waals surface area contributed by atoms with E-state index in [1.165, 1.54) is 5.56 Å². The third-order valence-corrected chi connectivity index (χ3v) is 2.35. The second-order valence-corrected chi connectivity index (χ2v) is 3.57. The largest absolute Gasteiger partial charge is 0.262 e. The number of pyridine rings is 1. The Morgan fingerprint density at radius 1 is 1.19 bits per heavy atom. The molecule has 0 saturated heterocycles. The molecule has 2 heteroatoms. The molecule has 0 N–H and O–H groups in total. The van der Waals surface area contributed by atoms with Crippen LogP contribution < -0.4 is 0 Å². The van der Waals surface area contributed by atoms with Crippen molar-refractivity contribution in [2.24, 2.45) is 4.99 Å². The van der Waals surface area contributed by atoms with Crippen LogP contribution in [0.15, 0.2) is 53.8 Å². The van der Waals surface area contributed by atoms with E-state index < -0.39 is 0 Å². The number of nitrogens with zero attached hydrogens (tertiary/aromatic N) is 2. The van der Waals surface area contributed by atoms with Crippen molar-refractivity contribution in [2.75, 3.05) is 0 Å².